The molecule has 0 bridgehead atoms. The quantitative estimate of drug-likeness (QED) is 0.640. The molecule has 3 rings (SSSR count). The van der Waals surface area contributed by atoms with E-state index in [1.165, 1.54) is 30.5 Å². The van der Waals surface area contributed by atoms with Gasteiger partial charge in [0.05, 0.1) is 12.3 Å². The maximum Gasteiger partial charge on any atom is 0.350 e. The Bertz CT molecular complexity index is 1090. The third-order valence-corrected chi connectivity index (χ3v) is 5.18. The second-order valence-electron chi connectivity index (χ2n) is 5.72. The first kappa shape index (κ1) is 19.8. The summed E-state index contributed by atoms with van der Waals surface area (Å²) in [6.07, 6.45) is 0. The van der Waals surface area contributed by atoms with Gasteiger partial charge in [0.15, 0.2) is 0 Å². The molecule has 0 unspecified atom stereocenters. The summed E-state index contributed by atoms with van der Waals surface area (Å²) in [5.41, 5.74) is 0.884. The second-order valence-corrected chi connectivity index (χ2v) is 7.20. The van der Waals surface area contributed by atoms with Crippen LogP contribution in [0.25, 0.3) is 10.4 Å². The zero-order chi connectivity index (χ0) is 20.3. The topological polar surface area (TPSA) is 90.3 Å². The first-order chi connectivity index (χ1) is 13.4. The fourth-order valence-electron chi connectivity index (χ4n) is 2.40. The van der Waals surface area contributed by atoms with E-state index in [-0.39, 0.29) is 22.7 Å². The minimum absolute atomic E-state index is 0.0520. The number of aryl methyl sites for hydroxylation is 1. The molecule has 0 saturated heterocycles. The fourth-order valence-corrected chi connectivity index (χ4v) is 3.54. The van der Waals surface area contributed by atoms with Crippen molar-refractivity contribution in [3.8, 4) is 10.4 Å². The van der Waals surface area contributed by atoms with E-state index in [0.29, 0.717) is 10.7 Å². The van der Waals surface area contributed by atoms with Crippen molar-refractivity contribution in [1.29, 1.82) is 0 Å². The minimum atomic E-state index is -0.540. The molecule has 0 aliphatic rings. The van der Waals surface area contributed by atoms with Gasteiger partial charge < -0.3 is 10.1 Å². The van der Waals surface area contributed by atoms with Crippen molar-refractivity contribution in [3.05, 3.63) is 68.4 Å². The lowest BCUT2D eigenvalue weighted by Crippen LogP contribution is -2.24. The van der Waals surface area contributed by atoms with Gasteiger partial charge in [-0.05, 0) is 36.8 Å². The van der Waals surface area contributed by atoms with Crippen LogP contribution in [0.4, 0.5) is 5.69 Å². The maximum absolute atomic E-state index is 12.5. The van der Waals surface area contributed by atoms with Crippen LogP contribution in [0, 0.1) is 0 Å². The summed E-state index contributed by atoms with van der Waals surface area (Å²) < 4.78 is 6.16. The van der Waals surface area contributed by atoms with Crippen LogP contribution in [-0.4, -0.2) is 28.3 Å². The number of amides is 1. The molecule has 9 heteroatoms. The number of carbonyl (C=O) groups excluding carboxylic acids is 2. The van der Waals surface area contributed by atoms with E-state index in [4.69, 9.17) is 16.3 Å². The summed E-state index contributed by atoms with van der Waals surface area (Å²) in [4.78, 5) is 37.4. The fraction of sp³-hybridized carbons (Fsp3) is 0.158. The highest BCUT2D eigenvalue weighted by Crippen LogP contribution is 2.36. The third-order valence-electron chi connectivity index (χ3n) is 3.76. The SMILES string of the molecule is CCOC(=O)c1sc(-c2ccc(Cl)cc2)cc1NC(=O)c1ccc(=O)n(C)n1. The molecule has 2 heterocycles. The van der Waals surface area contributed by atoms with E-state index in [0.717, 1.165) is 15.1 Å². The molecule has 1 N–H and O–H groups in total. The van der Waals surface area contributed by atoms with Crippen molar-refractivity contribution < 1.29 is 14.3 Å². The standard InChI is InChI=1S/C19H16ClN3O4S/c1-3-27-19(26)17-14(10-15(28-17)11-4-6-12(20)7-5-11)21-18(25)13-8-9-16(24)23(2)22-13/h4-10H,3H2,1-2H3,(H,21,25). The second kappa shape index (κ2) is 8.37. The Morgan fingerprint density at radius 3 is 2.57 bits per heavy atom. The van der Waals surface area contributed by atoms with Crippen molar-refractivity contribution in [2.24, 2.45) is 7.05 Å². The van der Waals surface area contributed by atoms with Crippen LogP contribution < -0.4 is 10.9 Å². The molecule has 0 atom stereocenters. The Morgan fingerprint density at radius 1 is 1.21 bits per heavy atom. The molecule has 0 aliphatic heterocycles. The van der Waals surface area contributed by atoms with E-state index < -0.39 is 11.9 Å². The van der Waals surface area contributed by atoms with Crippen molar-refractivity contribution in [2.75, 3.05) is 11.9 Å². The molecule has 2 aromatic heterocycles. The van der Waals surface area contributed by atoms with E-state index in [1.54, 1.807) is 25.1 Å². The van der Waals surface area contributed by atoms with E-state index in [9.17, 15) is 14.4 Å². The van der Waals surface area contributed by atoms with Gasteiger partial charge in [-0.1, -0.05) is 23.7 Å². The van der Waals surface area contributed by atoms with Gasteiger partial charge in [-0.3, -0.25) is 9.59 Å². The number of carbonyl (C=O) groups is 2. The summed E-state index contributed by atoms with van der Waals surface area (Å²) in [6.45, 7) is 1.92. The van der Waals surface area contributed by atoms with Crippen molar-refractivity contribution in [3.63, 3.8) is 0 Å². The van der Waals surface area contributed by atoms with Crippen LogP contribution in [-0.2, 0) is 11.8 Å². The normalized spacial score (nSPS) is 10.5. The van der Waals surface area contributed by atoms with E-state index in [2.05, 4.69) is 10.4 Å². The molecule has 0 saturated carbocycles. The number of esters is 1. The average Bonchev–Trinajstić information content (AvgIpc) is 3.08. The molecule has 0 fully saturated rings. The predicted molar refractivity (Wildman–Crippen MR) is 108 cm³/mol. The van der Waals surface area contributed by atoms with Gasteiger partial charge in [-0.15, -0.1) is 11.3 Å². The summed E-state index contributed by atoms with van der Waals surface area (Å²) >= 11 is 7.13. The summed E-state index contributed by atoms with van der Waals surface area (Å²) in [7, 11) is 1.45. The molecule has 28 heavy (non-hydrogen) atoms. The zero-order valence-corrected chi connectivity index (χ0v) is 16.6. The Hall–Kier alpha value is -2.97. The van der Waals surface area contributed by atoms with Crippen LogP contribution in [0.1, 0.15) is 27.1 Å². The number of ether oxygens (including phenoxy) is 1. The number of thiophene rings is 1. The maximum atomic E-state index is 12.5. The number of hydrogen-bond acceptors (Lipinski definition) is 6. The van der Waals surface area contributed by atoms with E-state index in [1.807, 2.05) is 12.1 Å². The summed E-state index contributed by atoms with van der Waals surface area (Å²) in [5, 5.41) is 7.20. The monoisotopic (exact) mass is 417 g/mol. The molecule has 144 valence electrons. The Kier molecular flexibility index (Phi) is 5.91. The number of hydrogen-bond donors (Lipinski definition) is 1. The van der Waals surface area contributed by atoms with Gasteiger partial charge in [0.1, 0.15) is 10.6 Å². The molecule has 7 nitrogen and oxygen atoms in total. The Balaban J connectivity index is 1.96. The summed E-state index contributed by atoms with van der Waals surface area (Å²) in [6, 6.07) is 11.4. The van der Waals surface area contributed by atoms with Gasteiger partial charge in [-0.2, -0.15) is 5.10 Å². The number of nitrogens with one attached hydrogen (secondary N) is 1. The zero-order valence-electron chi connectivity index (χ0n) is 15.1. The smallest absolute Gasteiger partial charge is 0.350 e. The van der Waals surface area contributed by atoms with Crippen LogP contribution in [0.2, 0.25) is 5.02 Å². The molecular weight excluding hydrogens is 402 g/mol. The lowest BCUT2D eigenvalue weighted by Gasteiger charge is -2.06. The van der Waals surface area contributed by atoms with Crippen LogP contribution in [0.5, 0.6) is 0 Å². The molecular formula is C19H16ClN3O4S. The molecule has 1 amide bonds. The average molecular weight is 418 g/mol. The van der Waals surface area contributed by atoms with E-state index >= 15 is 0 Å². The summed E-state index contributed by atoms with van der Waals surface area (Å²) in [5.74, 6) is -1.07. The van der Waals surface area contributed by atoms with Crippen molar-refractivity contribution in [2.45, 2.75) is 6.92 Å². The highest BCUT2D eigenvalue weighted by atomic mass is 35.5. The van der Waals surface area contributed by atoms with Crippen LogP contribution in [0.15, 0.2) is 47.3 Å². The Labute approximate surface area is 169 Å². The number of aromatic nitrogens is 2. The third kappa shape index (κ3) is 4.29. The molecule has 1 aromatic carbocycles. The van der Waals surface area contributed by atoms with Crippen LogP contribution in [0.3, 0.4) is 0 Å². The number of benzene rings is 1. The van der Waals surface area contributed by atoms with Crippen LogP contribution >= 0.6 is 22.9 Å². The highest BCUT2D eigenvalue weighted by Gasteiger charge is 2.21. The minimum Gasteiger partial charge on any atom is -0.462 e. The Morgan fingerprint density at radius 2 is 1.93 bits per heavy atom. The predicted octanol–water partition coefficient (Wildman–Crippen LogP) is 3.59. The van der Waals surface area contributed by atoms with Gasteiger partial charge in [-0.25, -0.2) is 9.48 Å². The number of nitrogens with zero attached hydrogens (tertiary/aromatic N) is 2. The van der Waals surface area contributed by atoms with Gasteiger partial charge >= 0.3 is 5.97 Å². The number of halogens is 1. The van der Waals surface area contributed by atoms with Gasteiger partial charge in [0.25, 0.3) is 11.5 Å². The van der Waals surface area contributed by atoms with Gasteiger partial charge in [0, 0.05) is 23.0 Å². The molecule has 0 radical (unpaired) electrons. The number of rotatable bonds is 5. The number of anilines is 1. The lowest BCUT2D eigenvalue weighted by molar-refractivity contribution is 0.0533. The molecule has 0 aliphatic carbocycles. The highest BCUT2D eigenvalue weighted by molar-refractivity contribution is 7.18. The van der Waals surface area contributed by atoms with Crippen molar-refractivity contribution in [1.82, 2.24) is 9.78 Å². The molecule has 3 aromatic rings. The first-order valence-electron chi connectivity index (χ1n) is 8.31. The lowest BCUT2D eigenvalue weighted by atomic mass is 10.2. The van der Waals surface area contributed by atoms with Crippen molar-refractivity contribution >= 4 is 40.5 Å². The largest absolute Gasteiger partial charge is 0.462 e. The molecule has 0 spiro atoms. The first-order valence-corrected chi connectivity index (χ1v) is 9.51. The van der Waals surface area contributed by atoms with Gasteiger partial charge in [0.2, 0.25) is 0 Å².